The van der Waals surface area contributed by atoms with E-state index in [1.165, 1.54) is 0 Å². The van der Waals surface area contributed by atoms with Crippen molar-refractivity contribution in [3.63, 3.8) is 0 Å². The van der Waals surface area contributed by atoms with Crippen LogP contribution in [0.1, 0.15) is 18.0 Å². The average molecular weight is 318 g/mol. The van der Waals surface area contributed by atoms with Gasteiger partial charge in [0.1, 0.15) is 5.75 Å². The number of hydrogen-bond donors (Lipinski definition) is 3. The van der Waals surface area contributed by atoms with Crippen molar-refractivity contribution in [2.45, 2.75) is 12.5 Å². The van der Waals surface area contributed by atoms with Gasteiger partial charge in [-0.1, -0.05) is 0 Å². The number of halogens is 4. The molecule has 3 nitrogen and oxygen atoms in total. The van der Waals surface area contributed by atoms with E-state index >= 15 is 0 Å². The molecule has 0 fully saturated rings. The number of phenols is 1. The predicted molar refractivity (Wildman–Crippen MR) is 63.6 cm³/mol. The lowest BCUT2D eigenvalue weighted by Crippen LogP contribution is -2.17. The third-order valence-electron chi connectivity index (χ3n) is 2.03. The van der Waals surface area contributed by atoms with E-state index in [4.69, 9.17) is 11.5 Å². The molecule has 1 aromatic carbocycles. The standard InChI is InChI=1S/C9H11BrF2N2O.ClH/c10-4-3-5(11)8(12)7(9(4)15)6(14)1-2-13;/h3,6,15H,1-2,13-14H2;1H/t6-;/m1./s1. The molecule has 0 aliphatic rings. The molecule has 92 valence electrons. The summed E-state index contributed by atoms with van der Waals surface area (Å²) in [4.78, 5) is 0. The Morgan fingerprint density at radius 2 is 2.00 bits per heavy atom. The molecule has 5 N–H and O–H groups in total. The molecule has 0 saturated carbocycles. The van der Waals surface area contributed by atoms with Crippen molar-refractivity contribution in [3.05, 3.63) is 27.7 Å². The zero-order chi connectivity index (χ0) is 11.6. The minimum atomic E-state index is -1.13. The maximum Gasteiger partial charge on any atom is 0.167 e. The first-order valence-corrected chi connectivity index (χ1v) is 5.10. The molecular formula is C9H12BrClF2N2O. The Bertz CT molecular complexity index is 353. The van der Waals surface area contributed by atoms with Crippen LogP contribution in [-0.4, -0.2) is 11.7 Å². The third-order valence-corrected chi connectivity index (χ3v) is 2.63. The van der Waals surface area contributed by atoms with Crippen molar-refractivity contribution in [3.8, 4) is 5.75 Å². The van der Waals surface area contributed by atoms with E-state index < -0.39 is 17.7 Å². The quantitative estimate of drug-likeness (QED) is 0.748. The second-order valence-corrected chi connectivity index (χ2v) is 3.95. The first kappa shape index (κ1) is 15.6. The van der Waals surface area contributed by atoms with Gasteiger partial charge in [-0.2, -0.15) is 0 Å². The summed E-state index contributed by atoms with van der Waals surface area (Å²) in [6.07, 6.45) is 0.264. The van der Waals surface area contributed by atoms with E-state index in [9.17, 15) is 13.9 Å². The summed E-state index contributed by atoms with van der Waals surface area (Å²) >= 11 is 2.91. The molecule has 1 aromatic rings. The van der Waals surface area contributed by atoms with Crippen molar-refractivity contribution in [1.82, 2.24) is 0 Å². The average Bonchev–Trinajstić information content (AvgIpc) is 2.16. The number of hydrogen-bond acceptors (Lipinski definition) is 3. The number of rotatable bonds is 3. The number of benzene rings is 1. The second kappa shape index (κ2) is 6.34. The lowest BCUT2D eigenvalue weighted by Gasteiger charge is -2.14. The van der Waals surface area contributed by atoms with Crippen molar-refractivity contribution >= 4 is 28.3 Å². The Kier molecular flexibility index (Phi) is 6.17. The second-order valence-electron chi connectivity index (χ2n) is 3.10. The Hall–Kier alpha value is -0.430. The molecule has 1 rings (SSSR count). The minimum Gasteiger partial charge on any atom is -0.506 e. The minimum absolute atomic E-state index is 0. The Morgan fingerprint density at radius 3 is 2.50 bits per heavy atom. The molecule has 16 heavy (non-hydrogen) atoms. The molecule has 0 spiro atoms. The fourth-order valence-electron chi connectivity index (χ4n) is 1.27. The largest absolute Gasteiger partial charge is 0.506 e. The molecule has 0 bridgehead atoms. The van der Waals surface area contributed by atoms with E-state index in [1.54, 1.807) is 0 Å². The summed E-state index contributed by atoms with van der Waals surface area (Å²) in [5.41, 5.74) is 10.6. The molecule has 0 unspecified atom stereocenters. The van der Waals surface area contributed by atoms with E-state index in [0.29, 0.717) is 0 Å². The van der Waals surface area contributed by atoms with Crippen LogP contribution in [0.5, 0.6) is 5.75 Å². The fraction of sp³-hybridized carbons (Fsp3) is 0.333. The lowest BCUT2D eigenvalue weighted by molar-refractivity contribution is 0.424. The van der Waals surface area contributed by atoms with Crippen LogP contribution in [0.4, 0.5) is 8.78 Å². The summed E-state index contributed by atoms with van der Waals surface area (Å²) in [6.45, 7) is 0.230. The normalized spacial score (nSPS) is 12.1. The van der Waals surface area contributed by atoms with Crippen LogP contribution in [0.15, 0.2) is 10.5 Å². The maximum absolute atomic E-state index is 13.3. The van der Waals surface area contributed by atoms with Crippen molar-refractivity contribution < 1.29 is 13.9 Å². The molecule has 0 saturated heterocycles. The van der Waals surface area contributed by atoms with Gasteiger partial charge in [0, 0.05) is 6.04 Å². The van der Waals surface area contributed by atoms with Gasteiger partial charge in [0.25, 0.3) is 0 Å². The van der Waals surface area contributed by atoms with Gasteiger partial charge in [0.05, 0.1) is 10.0 Å². The van der Waals surface area contributed by atoms with Gasteiger partial charge in [-0.15, -0.1) is 12.4 Å². The summed E-state index contributed by atoms with van der Waals surface area (Å²) in [7, 11) is 0. The maximum atomic E-state index is 13.3. The Balaban J connectivity index is 0.00000225. The number of nitrogens with two attached hydrogens (primary N) is 2. The summed E-state index contributed by atoms with van der Waals surface area (Å²) in [5.74, 6) is -2.56. The highest BCUT2D eigenvalue weighted by atomic mass is 79.9. The van der Waals surface area contributed by atoms with E-state index in [2.05, 4.69) is 15.9 Å². The molecule has 0 aliphatic carbocycles. The summed E-state index contributed by atoms with van der Waals surface area (Å²) < 4.78 is 26.4. The summed E-state index contributed by atoms with van der Waals surface area (Å²) in [6, 6.07) is 0.0329. The van der Waals surface area contributed by atoms with E-state index in [0.717, 1.165) is 6.07 Å². The van der Waals surface area contributed by atoms with Crippen LogP contribution in [-0.2, 0) is 0 Å². The van der Waals surface area contributed by atoms with Gasteiger partial charge in [-0.25, -0.2) is 8.78 Å². The molecule has 0 radical (unpaired) electrons. The molecule has 0 heterocycles. The molecule has 0 aromatic heterocycles. The molecule has 0 amide bonds. The smallest absolute Gasteiger partial charge is 0.167 e. The predicted octanol–water partition coefficient (Wildman–Crippen LogP) is 2.20. The summed E-state index contributed by atoms with van der Waals surface area (Å²) in [5, 5.41) is 9.53. The van der Waals surface area contributed by atoms with Crippen molar-refractivity contribution in [2.24, 2.45) is 11.5 Å². The Labute approximate surface area is 106 Å². The fourth-order valence-corrected chi connectivity index (χ4v) is 1.68. The van der Waals surface area contributed by atoms with Crippen LogP contribution < -0.4 is 11.5 Å². The first-order chi connectivity index (χ1) is 6.99. The van der Waals surface area contributed by atoms with Crippen LogP contribution in [0.3, 0.4) is 0 Å². The molecule has 1 atom stereocenters. The van der Waals surface area contributed by atoms with Gasteiger partial charge in [-0.3, -0.25) is 0 Å². The Morgan fingerprint density at radius 1 is 1.44 bits per heavy atom. The van der Waals surface area contributed by atoms with Gasteiger partial charge in [-0.05, 0) is 35.0 Å². The van der Waals surface area contributed by atoms with Gasteiger partial charge in [0.15, 0.2) is 11.6 Å². The highest BCUT2D eigenvalue weighted by molar-refractivity contribution is 9.10. The van der Waals surface area contributed by atoms with E-state index in [-0.39, 0.29) is 41.2 Å². The number of phenolic OH excluding ortho intramolecular Hbond substituents is 1. The van der Waals surface area contributed by atoms with Crippen molar-refractivity contribution in [1.29, 1.82) is 0 Å². The van der Waals surface area contributed by atoms with Gasteiger partial charge in [0.2, 0.25) is 0 Å². The van der Waals surface area contributed by atoms with Gasteiger partial charge < -0.3 is 16.6 Å². The molecule has 7 heteroatoms. The SMILES string of the molecule is Cl.NCC[C@@H](N)c1c(O)c(Br)cc(F)c1F. The third kappa shape index (κ3) is 3.04. The van der Waals surface area contributed by atoms with Crippen LogP contribution >= 0.6 is 28.3 Å². The molecular weight excluding hydrogens is 305 g/mol. The number of aromatic hydroxyl groups is 1. The zero-order valence-electron chi connectivity index (χ0n) is 8.21. The van der Waals surface area contributed by atoms with Gasteiger partial charge >= 0.3 is 0 Å². The zero-order valence-corrected chi connectivity index (χ0v) is 10.6. The lowest BCUT2D eigenvalue weighted by atomic mass is 10.0. The highest BCUT2D eigenvalue weighted by Crippen LogP contribution is 2.35. The monoisotopic (exact) mass is 316 g/mol. The van der Waals surface area contributed by atoms with Crippen molar-refractivity contribution in [2.75, 3.05) is 6.54 Å². The van der Waals surface area contributed by atoms with E-state index in [1.807, 2.05) is 0 Å². The molecule has 0 aliphatic heterocycles. The van der Waals surface area contributed by atoms with Crippen LogP contribution in [0.25, 0.3) is 0 Å². The van der Waals surface area contributed by atoms with Crippen LogP contribution in [0, 0.1) is 11.6 Å². The highest BCUT2D eigenvalue weighted by Gasteiger charge is 2.21. The topological polar surface area (TPSA) is 72.3 Å². The first-order valence-electron chi connectivity index (χ1n) is 4.31. The van der Waals surface area contributed by atoms with Crippen LogP contribution in [0.2, 0.25) is 0 Å².